The van der Waals surface area contributed by atoms with E-state index in [1.54, 1.807) is 11.3 Å². The third kappa shape index (κ3) is 4.89. The van der Waals surface area contributed by atoms with Crippen LogP contribution in [0.3, 0.4) is 0 Å². The molecule has 0 radical (unpaired) electrons. The lowest BCUT2D eigenvalue weighted by atomic mass is 9.95. The first-order valence-corrected chi connectivity index (χ1v) is 12.4. The lowest BCUT2D eigenvalue weighted by molar-refractivity contribution is 0.0883. The number of aliphatic hydroxyl groups excluding tert-OH is 1. The van der Waals surface area contributed by atoms with Gasteiger partial charge in [0.25, 0.3) is 0 Å². The molecule has 4 rings (SSSR count). The molecule has 4 heterocycles. The zero-order valence-electron chi connectivity index (χ0n) is 19.6. The average molecular weight is 458 g/mol. The van der Waals surface area contributed by atoms with Gasteiger partial charge in [-0.2, -0.15) is 9.61 Å². The van der Waals surface area contributed by atoms with Crippen LogP contribution >= 0.6 is 11.3 Å². The Balaban J connectivity index is 1.60. The Bertz CT molecular complexity index is 1040. The van der Waals surface area contributed by atoms with E-state index in [0.29, 0.717) is 24.9 Å². The number of thiazole rings is 1. The van der Waals surface area contributed by atoms with E-state index in [-0.39, 0.29) is 18.1 Å². The molecule has 3 aromatic heterocycles. The van der Waals surface area contributed by atoms with Crippen molar-refractivity contribution in [3.05, 3.63) is 33.9 Å². The van der Waals surface area contributed by atoms with E-state index < -0.39 is 0 Å². The van der Waals surface area contributed by atoms with Crippen molar-refractivity contribution >= 4 is 28.6 Å². The fraction of sp³-hybridized carbons (Fsp3) is 0.609. The molecular formula is C23H35N7OS. The van der Waals surface area contributed by atoms with Crippen LogP contribution in [0, 0.1) is 5.92 Å². The normalized spacial score (nSPS) is 20.2. The maximum absolute atomic E-state index is 10.3. The molecule has 3 atom stereocenters. The highest BCUT2D eigenvalue weighted by atomic mass is 32.1. The van der Waals surface area contributed by atoms with Crippen LogP contribution in [0.1, 0.15) is 75.2 Å². The Morgan fingerprint density at radius 2 is 2.03 bits per heavy atom. The lowest BCUT2D eigenvalue weighted by Crippen LogP contribution is -2.43. The molecule has 32 heavy (non-hydrogen) atoms. The molecule has 0 saturated carbocycles. The van der Waals surface area contributed by atoms with Crippen molar-refractivity contribution in [3.8, 4) is 0 Å². The fourth-order valence-electron chi connectivity index (χ4n) is 4.00. The Morgan fingerprint density at radius 1 is 1.22 bits per heavy atom. The van der Waals surface area contributed by atoms with E-state index in [2.05, 4.69) is 61.0 Å². The Morgan fingerprint density at radius 3 is 2.72 bits per heavy atom. The minimum Gasteiger partial charge on any atom is -0.391 e. The molecule has 0 spiro atoms. The van der Waals surface area contributed by atoms with Gasteiger partial charge in [-0.3, -0.25) is 0 Å². The van der Waals surface area contributed by atoms with Gasteiger partial charge in [-0.15, -0.1) is 11.3 Å². The number of hydrogen-bond acceptors (Lipinski definition) is 8. The lowest BCUT2D eigenvalue weighted by Gasteiger charge is -2.28. The molecule has 1 fully saturated rings. The molecule has 3 aromatic rings. The number of β-amino-alcohol motifs (C(OH)–C–C–N with tert-alkyl or cyclic N) is 1. The van der Waals surface area contributed by atoms with Gasteiger partial charge < -0.3 is 21.1 Å². The molecule has 4 N–H and O–H groups in total. The van der Waals surface area contributed by atoms with Gasteiger partial charge in [0.2, 0.25) is 0 Å². The summed E-state index contributed by atoms with van der Waals surface area (Å²) in [6, 6.07) is 2.05. The van der Waals surface area contributed by atoms with Gasteiger partial charge in [-0.05, 0) is 31.7 Å². The molecule has 0 bridgehead atoms. The van der Waals surface area contributed by atoms with Crippen LogP contribution < -0.4 is 16.0 Å². The van der Waals surface area contributed by atoms with Gasteiger partial charge in [0.05, 0.1) is 24.0 Å². The smallest absolute Gasteiger partial charge is 0.163 e. The first-order chi connectivity index (χ1) is 15.3. The fourth-order valence-corrected chi connectivity index (χ4v) is 4.99. The van der Waals surface area contributed by atoms with Crippen LogP contribution in [0.15, 0.2) is 17.6 Å². The summed E-state index contributed by atoms with van der Waals surface area (Å²) < 4.78 is 1.88. The number of nitrogens with zero attached hydrogens (tertiary/aromatic N) is 4. The average Bonchev–Trinajstić information content (AvgIpc) is 3.41. The predicted octanol–water partition coefficient (Wildman–Crippen LogP) is 3.99. The quantitative estimate of drug-likeness (QED) is 0.406. The minimum atomic E-state index is -0.334. The summed E-state index contributed by atoms with van der Waals surface area (Å²) in [4.78, 5) is 9.68. The largest absolute Gasteiger partial charge is 0.391 e. The summed E-state index contributed by atoms with van der Waals surface area (Å²) in [7, 11) is 0. The number of piperidine rings is 1. The SMILES string of the molecule is CC(C)c1csc([C@H](C)Nc2cc(NC[C@H]3CCNC[C@@H]3O)nc3c(C(C)C)cnn23)n1. The molecule has 0 aliphatic carbocycles. The summed E-state index contributed by atoms with van der Waals surface area (Å²) in [6.45, 7) is 13.0. The highest BCUT2D eigenvalue weighted by Crippen LogP contribution is 2.29. The zero-order valence-corrected chi connectivity index (χ0v) is 20.4. The van der Waals surface area contributed by atoms with Gasteiger partial charge in [0, 0.05) is 36.0 Å². The van der Waals surface area contributed by atoms with Crippen LogP contribution in [0.2, 0.25) is 0 Å². The molecule has 174 valence electrons. The summed E-state index contributed by atoms with van der Waals surface area (Å²) in [5.41, 5.74) is 3.10. The van der Waals surface area contributed by atoms with E-state index in [9.17, 15) is 5.11 Å². The van der Waals surface area contributed by atoms with Crippen LogP contribution in [0.25, 0.3) is 5.65 Å². The summed E-state index contributed by atoms with van der Waals surface area (Å²) in [6.07, 6.45) is 2.52. The van der Waals surface area contributed by atoms with Gasteiger partial charge in [-0.1, -0.05) is 27.7 Å². The number of anilines is 2. The molecule has 0 unspecified atom stereocenters. The van der Waals surface area contributed by atoms with Crippen molar-refractivity contribution in [2.24, 2.45) is 5.92 Å². The third-order valence-electron chi connectivity index (χ3n) is 6.12. The highest BCUT2D eigenvalue weighted by Gasteiger charge is 2.23. The number of aliphatic hydroxyl groups is 1. The van der Waals surface area contributed by atoms with Gasteiger partial charge >= 0.3 is 0 Å². The Hall–Kier alpha value is -2.23. The topological polar surface area (TPSA) is 99.4 Å². The first-order valence-electron chi connectivity index (χ1n) is 11.6. The van der Waals surface area contributed by atoms with Gasteiger partial charge in [0.1, 0.15) is 16.6 Å². The van der Waals surface area contributed by atoms with Gasteiger partial charge in [0.15, 0.2) is 5.65 Å². The maximum atomic E-state index is 10.3. The minimum absolute atomic E-state index is 0.0453. The molecular weight excluding hydrogens is 422 g/mol. The molecule has 1 saturated heterocycles. The maximum Gasteiger partial charge on any atom is 0.163 e. The molecule has 9 heteroatoms. The van der Waals surface area contributed by atoms with Crippen molar-refractivity contribution < 1.29 is 5.11 Å². The highest BCUT2D eigenvalue weighted by molar-refractivity contribution is 7.09. The number of rotatable bonds is 8. The van der Waals surface area contributed by atoms with Crippen LogP contribution in [-0.2, 0) is 0 Å². The molecule has 8 nitrogen and oxygen atoms in total. The Labute approximate surface area is 193 Å². The summed E-state index contributed by atoms with van der Waals surface area (Å²) >= 11 is 1.69. The zero-order chi connectivity index (χ0) is 22.8. The van der Waals surface area contributed by atoms with Crippen molar-refractivity contribution in [1.82, 2.24) is 24.9 Å². The van der Waals surface area contributed by atoms with Crippen molar-refractivity contribution in [2.45, 2.75) is 65.0 Å². The standard InChI is InChI=1S/C23H35N7OS/c1-13(2)17-10-26-30-21(27-15(5)23-28-18(12-32-23)14(3)4)8-20(29-22(17)30)25-9-16-6-7-24-11-19(16)31/h8,10,12-16,19,24,27,31H,6-7,9,11H2,1-5H3,(H,25,29)/t15-,16+,19-/m0/s1. The summed E-state index contributed by atoms with van der Waals surface area (Å²) in [5, 5.41) is 28.4. The number of aromatic nitrogens is 4. The van der Waals surface area contributed by atoms with Crippen LogP contribution in [0.5, 0.6) is 0 Å². The molecule has 0 amide bonds. The first kappa shape index (κ1) is 22.9. The van der Waals surface area contributed by atoms with Crippen molar-refractivity contribution in [2.75, 3.05) is 30.3 Å². The van der Waals surface area contributed by atoms with Crippen molar-refractivity contribution in [1.29, 1.82) is 0 Å². The molecule has 1 aliphatic heterocycles. The van der Waals surface area contributed by atoms with E-state index in [1.807, 2.05) is 16.8 Å². The molecule has 0 aromatic carbocycles. The second-order valence-corrected chi connectivity index (χ2v) is 10.2. The van der Waals surface area contributed by atoms with Crippen molar-refractivity contribution in [3.63, 3.8) is 0 Å². The number of fused-ring (bicyclic) bond motifs is 1. The molecule has 1 aliphatic rings. The van der Waals surface area contributed by atoms with Gasteiger partial charge in [-0.25, -0.2) is 9.97 Å². The monoisotopic (exact) mass is 457 g/mol. The Kier molecular flexibility index (Phi) is 6.97. The number of nitrogens with one attached hydrogen (secondary N) is 3. The van der Waals surface area contributed by atoms with E-state index in [1.165, 1.54) is 0 Å². The predicted molar refractivity (Wildman–Crippen MR) is 131 cm³/mol. The van der Waals surface area contributed by atoms with Crippen LogP contribution in [0.4, 0.5) is 11.6 Å². The summed E-state index contributed by atoms with van der Waals surface area (Å²) in [5.74, 6) is 2.62. The second-order valence-electron chi connectivity index (χ2n) is 9.35. The van der Waals surface area contributed by atoms with E-state index in [4.69, 9.17) is 9.97 Å². The van der Waals surface area contributed by atoms with Crippen LogP contribution in [-0.4, -0.2) is 50.4 Å². The number of hydrogen-bond donors (Lipinski definition) is 4. The second kappa shape index (κ2) is 9.72. The van der Waals surface area contributed by atoms with E-state index >= 15 is 0 Å². The van der Waals surface area contributed by atoms with E-state index in [0.717, 1.165) is 46.5 Å². The third-order valence-corrected chi connectivity index (χ3v) is 7.17.